The molecule has 110 valence electrons. The molecule has 1 amide bonds. The lowest BCUT2D eigenvalue weighted by Crippen LogP contribution is -2.31. The van der Waals surface area contributed by atoms with Gasteiger partial charge in [-0.2, -0.15) is 0 Å². The molecule has 0 N–H and O–H groups in total. The molecule has 0 unspecified atom stereocenters. The maximum atomic E-state index is 13.6. The lowest BCUT2D eigenvalue weighted by molar-refractivity contribution is -0.131. The van der Waals surface area contributed by atoms with E-state index in [-0.39, 0.29) is 17.5 Å². The Morgan fingerprint density at radius 3 is 2.55 bits per heavy atom. The highest BCUT2D eigenvalue weighted by molar-refractivity contribution is 5.76. The Morgan fingerprint density at radius 2 is 1.95 bits per heavy atom. The summed E-state index contributed by atoms with van der Waals surface area (Å²) in [6.45, 7) is 1.74. The van der Waals surface area contributed by atoms with E-state index in [2.05, 4.69) is 0 Å². The monoisotopic (exact) mass is 279 g/mol. The number of ether oxygens (including phenoxy) is 1. The zero-order chi connectivity index (χ0) is 14.4. The van der Waals surface area contributed by atoms with Gasteiger partial charge in [-0.1, -0.05) is 18.9 Å². The highest BCUT2D eigenvalue weighted by atomic mass is 19.1. The lowest BCUT2D eigenvalue weighted by atomic mass is 10.1. The second-order valence-corrected chi connectivity index (χ2v) is 5.26. The molecule has 1 aliphatic rings. The van der Waals surface area contributed by atoms with Gasteiger partial charge in [-0.3, -0.25) is 4.79 Å². The van der Waals surface area contributed by atoms with Gasteiger partial charge in [-0.05, 0) is 37.0 Å². The topological polar surface area (TPSA) is 29.5 Å². The van der Waals surface area contributed by atoms with E-state index in [1.807, 2.05) is 11.0 Å². The summed E-state index contributed by atoms with van der Waals surface area (Å²) in [7, 11) is 1.45. The molecule has 0 bridgehead atoms. The van der Waals surface area contributed by atoms with E-state index in [9.17, 15) is 9.18 Å². The smallest absolute Gasteiger partial charge is 0.222 e. The number of hydrogen-bond acceptors (Lipinski definition) is 2. The predicted octanol–water partition coefficient (Wildman–Crippen LogP) is 3.17. The Hall–Kier alpha value is -1.58. The summed E-state index contributed by atoms with van der Waals surface area (Å²) in [4.78, 5) is 14.1. The summed E-state index contributed by atoms with van der Waals surface area (Å²) < 4.78 is 18.4. The van der Waals surface area contributed by atoms with Crippen LogP contribution in [-0.4, -0.2) is 31.0 Å². The number of rotatable bonds is 4. The molecule has 0 aromatic heterocycles. The summed E-state index contributed by atoms with van der Waals surface area (Å²) in [5.74, 6) is 0.0583. The number of carbonyl (C=O) groups is 1. The highest BCUT2D eigenvalue weighted by Gasteiger charge is 2.15. The van der Waals surface area contributed by atoms with Gasteiger partial charge in [-0.25, -0.2) is 4.39 Å². The van der Waals surface area contributed by atoms with Crippen LogP contribution in [0, 0.1) is 5.82 Å². The molecule has 1 aromatic carbocycles. The number of amides is 1. The van der Waals surface area contributed by atoms with Crippen LogP contribution in [0.5, 0.6) is 5.75 Å². The third-order valence-corrected chi connectivity index (χ3v) is 3.80. The number of aryl methyl sites for hydroxylation is 1. The molecule has 1 saturated heterocycles. The molecule has 0 aliphatic carbocycles. The van der Waals surface area contributed by atoms with Gasteiger partial charge in [0, 0.05) is 19.5 Å². The molecule has 4 heteroatoms. The van der Waals surface area contributed by atoms with Gasteiger partial charge in [0.2, 0.25) is 5.91 Å². The molecule has 3 nitrogen and oxygen atoms in total. The van der Waals surface area contributed by atoms with Gasteiger partial charge in [-0.15, -0.1) is 0 Å². The van der Waals surface area contributed by atoms with Crippen molar-refractivity contribution in [3.63, 3.8) is 0 Å². The van der Waals surface area contributed by atoms with E-state index < -0.39 is 0 Å². The predicted molar refractivity (Wildman–Crippen MR) is 76.3 cm³/mol. The number of hydrogen-bond donors (Lipinski definition) is 0. The van der Waals surface area contributed by atoms with Crippen molar-refractivity contribution >= 4 is 5.91 Å². The van der Waals surface area contributed by atoms with Crippen LogP contribution in [0.4, 0.5) is 4.39 Å². The van der Waals surface area contributed by atoms with E-state index >= 15 is 0 Å². The first-order chi connectivity index (χ1) is 9.70. The summed E-state index contributed by atoms with van der Waals surface area (Å²) >= 11 is 0. The van der Waals surface area contributed by atoms with Gasteiger partial charge in [0.25, 0.3) is 0 Å². The SMILES string of the molecule is COc1ccc(CCC(=O)N2CCCCCC2)cc1F. The summed E-state index contributed by atoms with van der Waals surface area (Å²) in [5.41, 5.74) is 0.839. The normalized spacial score (nSPS) is 15.8. The molecule has 1 fully saturated rings. The Bertz CT molecular complexity index is 454. The second kappa shape index (κ2) is 7.27. The molecule has 1 heterocycles. The lowest BCUT2D eigenvalue weighted by Gasteiger charge is -2.20. The number of likely N-dealkylation sites (tertiary alicyclic amines) is 1. The number of carbonyl (C=O) groups excluding carboxylic acids is 1. The third-order valence-electron chi connectivity index (χ3n) is 3.80. The fraction of sp³-hybridized carbons (Fsp3) is 0.562. The molecule has 0 spiro atoms. The Kier molecular flexibility index (Phi) is 5.39. The van der Waals surface area contributed by atoms with Crippen LogP contribution in [0.3, 0.4) is 0 Å². The number of nitrogens with zero attached hydrogens (tertiary/aromatic N) is 1. The standard InChI is InChI=1S/C16H22FNO2/c1-20-15-8-6-13(12-14(15)17)7-9-16(19)18-10-4-2-3-5-11-18/h6,8,12H,2-5,7,9-11H2,1H3. The van der Waals surface area contributed by atoms with Crippen LogP contribution in [-0.2, 0) is 11.2 Å². The minimum Gasteiger partial charge on any atom is -0.494 e. The average molecular weight is 279 g/mol. The zero-order valence-electron chi connectivity index (χ0n) is 12.0. The molecular formula is C16H22FNO2. The van der Waals surface area contributed by atoms with Gasteiger partial charge in [0.05, 0.1) is 7.11 Å². The Labute approximate surface area is 119 Å². The largest absolute Gasteiger partial charge is 0.494 e. The van der Waals surface area contributed by atoms with Gasteiger partial charge in [0.1, 0.15) is 0 Å². The highest BCUT2D eigenvalue weighted by Crippen LogP contribution is 2.19. The van der Waals surface area contributed by atoms with Gasteiger partial charge < -0.3 is 9.64 Å². The molecule has 0 radical (unpaired) electrons. The Balaban J connectivity index is 1.87. The quantitative estimate of drug-likeness (QED) is 0.847. The van der Waals surface area contributed by atoms with E-state index in [1.54, 1.807) is 6.07 Å². The zero-order valence-corrected chi connectivity index (χ0v) is 12.0. The first-order valence-electron chi connectivity index (χ1n) is 7.31. The molecular weight excluding hydrogens is 257 g/mol. The maximum absolute atomic E-state index is 13.6. The first kappa shape index (κ1) is 14.8. The summed E-state index contributed by atoms with van der Waals surface area (Å²) in [6, 6.07) is 4.88. The van der Waals surface area contributed by atoms with Crippen molar-refractivity contribution in [1.29, 1.82) is 0 Å². The molecule has 20 heavy (non-hydrogen) atoms. The second-order valence-electron chi connectivity index (χ2n) is 5.26. The van der Waals surface area contributed by atoms with Crippen molar-refractivity contribution in [3.8, 4) is 5.75 Å². The van der Waals surface area contributed by atoms with E-state index in [1.165, 1.54) is 26.0 Å². The van der Waals surface area contributed by atoms with Gasteiger partial charge in [0.15, 0.2) is 11.6 Å². The van der Waals surface area contributed by atoms with Crippen molar-refractivity contribution in [2.24, 2.45) is 0 Å². The van der Waals surface area contributed by atoms with E-state index in [0.29, 0.717) is 12.8 Å². The average Bonchev–Trinajstić information content (AvgIpc) is 2.74. The molecule has 0 atom stereocenters. The van der Waals surface area contributed by atoms with Crippen LogP contribution in [0.1, 0.15) is 37.7 Å². The first-order valence-corrected chi connectivity index (χ1v) is 7.31. The fourth-order valence-electron chi connectivity index (χ4n) is 2.59. The van der Waals surface area contributed by atoms with Crippen LogP contribution in [0.2, 0.25) is 0 Å². The summed E-state index contributed by atoms with van der Waals surface area (Å²) in [5, 5.41) is 0. The number of halogens is 1. The third kappa shape index (κ3) is 3.95. The van der Waals surface area contributed by atoms with Crippen molar-refractivity contribution in [1.82, 2.24) is 4.90 Å². The fourth-order valence-corrected chi connectivity index (χ4v) is 2.59. The number of methoxy groups -OCH3 is 1. The van der Waals surface area contributed by atoms with Crippen LogP contribution in [0.25, 0.3) is 0 Å². The summed E-state index contributed by atoms with van der Waals surface area (Å²) in [6.07, 6.45) is 5.66. The van der Waals surface area contributed by atoms with Crippen molar-refractivity contribution in [2.75, 3.05) is 20.2 Å². The molecule has 0 saturated carbocycles. The minimum absolute atomic E-state index is 0.183. The van der Waals surface area contributed by atoms with Crippen molar-refractivity contribution < 1.29 is 13.9 Å². The van der Waals surface area contributed by atoms with Crippen LogP contribution >= 0.6 is 0 Å². The number of benzene rings is 1. The van der Waals surface area contributed by atoms with Crippen molar-refractivity contribution in [2.45, 2.75) is 38.5 Å². The van der Waals surface area contributed by atoms with Crippen LogP contribution < -0.4 is 4.74 Å². The minimum atomic E-state index is -0.368. The molecule has 1 aromatic rings. The maximum Gasteiger partial charge on any atom is 0.222 e. The van der Waals surface area contributed by atoms with Gasteiger partial charge >= 0.3 is 0 Å². The Morgan fingerprint density at radius 1 is 1.25 bits per heavy atom. The molecule has 1 aliphatic heterocycles. The molecule has 2 rings (SSSR count). The van der Waals surface area contributed by atoms with Crippen LogP contribution in [0.15, 0.2) is 18.2 Å². The van der Waals surface area contributed by atoms with E-state index in [4.69, 9.17) is 4.74 Å². The van der Waals surface area contributed by atoms with E-state index in [0.717, 1.165) is 31.5 Å². The van der Waals surface area contributed by atoms with Crippen molar-refractivity contribution in [3.05, 3.63) is 29.6 Å².